The van der Waals surface area contributed by atoms with Crippen LogP contribution in [0.15, 0.2) is 23.1 Å². The number of aliphatic hydroxyl groups excluding tert-OH is 1. The first-order valence-electron chi connectivity index (χ1n) is 5.76. The predicted molar refractivity (Wildman–Crippen MR) is 67.1 cm³/mol. The molecule has 1 aliphatic heterocycles. The van der Waals surface area contributed by atoms with E-state index in [1.807, 2.05) is 12.1 Å². The van der Waals surface area contributed by atoms with Crippen LogP contribution in [-0.4, -0.2) is 22.9 Å². The number of rotatable bonds is 3. The van der Waals surface area contributed by atoms with Crippen LogP contribution in [0.1, 0.15) is 31.1 Å². The first-order chi connectivity index (χ1) is 8.11. The Morgan fingerprint density at radius 3 is 3.12 bits per heavy atom. The molecule has 3 nitrogen and oxygen atoms in total. The molecule has 17 heavy (non-hydrogen) atoms. The summed E-state index contributed by atoms with van der Waals surface area (Å²) in [5, 5.41) is 10.4. The van der Waals surface area contributed by atoms with Gasteiger partial charge in [-0.1, -0.05) is 19.1 Å². The van der Waals surface area contributed by atoms with Crippen molar-refractivity contribution in [3.63, 3.8) is 0 Å². The highest BCUT2D eigenvalue weighted by molar-refractivity contribution is 8.00. The first-order valence-corrected chi connectivity index (χ1v) is 6.64. The Hall–Kier alpha value is -1.00. The summed E-state index contributed by atoms with van der Waals surface area (Å²) in [6.45, 7) is 4.18. The van der Waals surface area contributed by atoms with Crippen LogP contribution in [0.5, 0.6) is 0 Å². The summed E-state index contributed by atoms with van der Waals surface area (Å²) in [7, 11) is 0. The van der Waals surface area contributed by atoms with Crippen LogP contribution in [0.25, 0.3) is 0 Å². The predicted octanol–water partition coefficient (Wildman–Crippen LogP) is 2.32. The highest BCUT2D eigenvalue weighted by Crippen LogP contribution is 2.38. The fraction of sp³-hybridized carbons (Fsp3) is 0.462. The van der Waals surface area contributed by atoms with Crippen molar-refractivity contribution in [1.29, 1.82) is 0 Å². The molecule has 0 saturated carbocycles. The summed E-state index contributed by atoms with van der Waals surface area (Å²) in [5.41, 5.74) is 1.91. The van der Waals surface area contributed by atoms with E-state index in [2.05, 4.69) is 6.92 Å². The van der Waals surface area contributed by atoms with Gasteiger partial charge in [-0.05, 0) is 30.5 Å². The van der Waals surface area contributed by atoms with Crippen LogP contribution in [0.4, 0.5) is 0 Å². The molecule has 92 valence electrons. The molecule has 2 rings (SSSR count). The fourth-order valence-electron chi connectivity index (χ4n) is 1.94. The topological polar surface area (TPSA) is 46.5 Å². The van der Waals surface area contributed by atoms with Crippen molar-refractivity contribution >= 4 is 17.7 Å². The largest absolute Gasteiger partial charge is 0.464 e. The quantitative estimate of drug-likeness (QED) is 0.839. The van der Waals surface area contributed by atoms with E-state index in [4.69, 9.17) is 4.74 Å². The van der Waals surface area contributed by atoms with E-state index in [9.17, 15) is 9.90 Å². The molecule has 1 heterocycles. The lowest BCUT2D eigenvalue weighted by molar-refractivity contribution is -0.153. The van der Waals surface area contributed by atoms with Gasteiger partial charge < -0.3 is 9.84 Å². The lowest BCUT2D eigenvalue weighted by atomic mass is 10.0. The zero-order chi connectivity index (χ0) is 12.4. The molecule has 1 aromatic carbocycles. The molecular formula is C13H16O3S. The van der Waals surface area contributed by atoms with Crippen molar-refractivity contribution in [1.82, 2.24) is 0 Å². The minimum atomic E-state index is -1.17. The van der Waals surface area contributed by atoms with E-state index in [-0.39, 0.29) is 6.61 Å². The van der Waals surface area contributed by atoms with Gasteiger partial charge in [-0.3, -0.25) is 0 Å². The Balaban J connectivity index is 2.18. The molecule has 4 heteroatoms. The lowest BCUT2D eigenvalue weighted by Gasteiger charge is -2.11. The highest BCUT2D eigenvalue weighted by atomic mass is 32.2. The zero-order valence-corrected chi connectivity index (χ0v) is 10.8. The van der Waals surface area contributed by atoms with Gasteiger partial charge in [-0.2, -0.15) is 0 Å². The van der Waals surface area contributed by atoms with Crippen LogP contribution < -0.4 is 0 Å². The summed E-state index contributed by atoms with van der Waals surface area (Å²) in [4.78, 5) is 12.6. The molecule has 0 saturated heterocycles. The average molecular weight is 252 g/mol. The molecule has 0 fully saturated rings. The zero-order valence-electron chi connectivity index (χ0n) is 9.97. The van der Waals surface area contributed by atoms with Gasteiger partial charge in [-0.15, -0.1) is 11.8 Å². The Morgan fingerprint density at radius 1 is 1.65 bits per heavy atom. The van der Waals surface area contributed by atoms with Gasteiger partial charge in [0, 0.05) is 10.1 Å². The van der Waals surface area contributed by atoms with Crippen molar-refractivity contribution < 1.29 is 14.6 Å². The third kappa shape index (κ3) is 2.64. The van der Waals surface area contributed by atoms with E-state index in [0.29, 0.717) is 10.8 Å². The number of hydrogen-bond acceptors (Lipinski definition) is 4. The fourth-order valence-corrected chi connectivity index (χ4v) is 3.15. The Bertz CT molecular complexity index is 431. The molecule has 0 aliphatic carbocycles. The second kappa shape index (κ2) is 5.10. The maximum Gasteiger partial charge on any atom is 0.339 e. The standard InChI is InChI=1S/C13H16O3S/c1-3-16-13(15)12(14)10-5-4-9-6-8(2)17-11(9)7-10/h4-5,7-8,12,14H,3,6H2,1-2H3. The van der Waals surface area contributed by atoms with Gasteiger partial charge in [0.25, 0.3) is 0 Å². The van der Waals surface area contributed by atoms with E-state index < -0.39 is 12.1 Å². The molecule has 0 aromatic heterocycles. The van der Waals surface area contributed by atoms with Crippen LogP contribution in [0.2, 0.25) is 0 Å². The smallest absolute Gasteiger partial charge is 0.339 e. The molecule has 0 amide bonds. The molecule has 2 unspecified atom stereocenters. The van der Waals surface area contributed by atoms with Gasteiger partial charge in [-0.25, -0.2) is 4.79 Å². The van der Waals surface area contributed by atoms with Crippen LogP contribution in [0.3, 0.4) is 0 Å². The van der Waals surface area contributed by atoms with Gasteiger partial charge in [0.15, 0.2) is 6.10 Å². The molecular weight excluding hydrogens is 236 g/mol. The second-order valence-corrected chi connectivity index (χ2v) is 5.63. The Morgan fingerprint density at radius 2 is 2.41 bits per heavy atom. The summed E-state index contributed by atoms with van der Waals surface area (Å²) in [6, 6.07) is 5.69. The minimum absolute atomic E-state index is 0.284. The van der Waals surface area contributed by atoms with Crippen LogP contribution >= 0.6 is 11.8 Å². The first kappa shape index (κ1) is 12.5. The van der Waals surface area contributed by atoms with Crippen molar-refractivity contribution in [3.05, 3.63) is 29.3 Å². The normalized spacial score (nSPS) is 19.8. The molecule has 1 N–H and O–H groups in total. The average Bonchev–Trinajstić information content (AvgIpc) is 2.67. The van der Waals surface area contributed by atoms with Crippen molar-refractivity contribution in [2.75, 3.05) is 6.61 Å². The van der Waals surface area contributed by atoms with Crippen LogP contribution in [-0.2, 0) is 16.0 Å². The number of aliphatic hydroxyl groups is 1. The van der Waals surface area contributed by atoms with Gasteiger partial charge >= 0.3 is 5.97 Å². The van der Waals surface area contributed by atoms with Crippen LogP contribution in [0, 0.1) is 0 Å². The summed E-state index contributed by atoms with van der Waals surface area (Å²) in [6.07, 6.45) is -0.118. The molecule has 1 aromatic rings. The third-order valence-corrected chi connectivity index (χ3v) is 3.96. The number of carbonyl (C=O) groups is 1. The van der Waals surface area contributed by atoms with Gasteiger partial charge in [0.1, 0.15) is 0 Å². The minimum Gasteiger partial charge on any atom is -0.464 e. The summed E-state index contributed by atoms with van der Waals surface area (Å²) < 4.78 is 4.80. The SMILES string of the molecule is CCOC(=O)C(O)c1ccc2c(c1)SC(C)C2. The monoisotopic (exact) mass is 252 g/mol. The molecule has 1 aliphatic rings. The number of fused-ring (bicyclic) bond motifs is 1. The summed E-state index contributed by atoms with van der Waals surface area (Å²) >= 11 is 1.78. The number of esters is 1. The Kier molecular flexibility index (Phi) is 3.74. The molecule has 0 spiro atoms. The maximum absolute atomic E-state index is 11.4. The number of carbonyl (C=O) groups excluding carboxylic acids is 1. The van der Waals surface area contributed by atoms with Crippen molar-refractivity contribution in [2.24, 2.45) is 0 Å². The molecule has 2 atom stereocenters. The Labute approximate surface area is 105 Å². The van der Waals surface area contributed by atoms with E-state index in [1.165, 1.54) is 10.5 Å². The third-order valence-electron chi connectivity index (χ3n) is 2.75. The molecule has 0 bridgehead atoms. The van der Waals surface area contributed by atoms with Gasteiger partial charge in [0.2, 0.25) is 0 Å². The highest BCUT2D eigenvalue weighted by Gasteiger charge is 2.23. The number of hydrogen-bond donors (Lipinski definition) is 1. The summed E-state index contributed by atoms with van der Waals surface area (Å²) in [5.74, 6) is -0.580. The van der Waals surface area contributed by atoms with E-state index in [0.717, 1.165) is 6.42 Å². The van der Waals surface area contributed by atoms with Crippen molar-refractivity contribution in [2.45, 2.75) is 36.5 Å². The van der Waals surface area contributed by atoms with Gasteiger partial charge in [0.05, 0.1) is 6.61 Å². The second-order valence-electron chi connectivity index (χ2n) is 4.15. The number of thioether (sulfide) groups is 1. The number of ether oxygens (including phenoxy) is 1. The lowest BCUT2D eigenvalue weighted by Crippen LogP contribution is -2.15. The van der Waals surface area contributed by atoms with Crippen molar-refractivity contribution in [3.8, 4) is 0 Å². The van der Waals surface area contributed by atoms with E-state index >= 15 is 0 Å². The molecule has 0 radical (unpaired) electrons. The number of benzene rings is 1. The van der Waals surface area contributed by atoms with E-state index in [1.54, 1.807) is 24.8 Å². The maximum atomic E-state index is 11.4.